The summed E-state index contributed by atoms with van der Waals surface area (Å²) in [5.74, 6) is 0.696. The number of rotatable bonds is 6. The molecular formula is C19H27IN4O. The van der Waals surface area contributed by atoms with Gasteiger partial charge in [-0.2, -0.15) is 0 Å². The van der Waals surface area contributed by atoms with Crippen molar-refractivity contribution in [3.63, 3.8) is 0 Å². The van der Waals surface area contributed by atoms with Gasteiger partial charge in [-0.1, -0.05) is 24.3 Å². The van der Waals surface area contributed by atoms with E-state index in [-0.39, 0.29) is 30.0 Å². The number of nitrogens with one attached hydrogen (secondary N) is 2. The molecule has 3 N–H and O–H groups in total. The Balaban J connectivity index is 0.00000312. The third-order valence-corrected chi connectivity index (χ3v) is 3.87. The number of pyridine rings is 1. The molecule has 6 heteroatoms. The van der Waals surface area contributed by atoms with Gasteiger partial charge in [0, 0.05) is 18.9 Å². The van der Waals surface area contributed by atoms with Crippen molar-refractivity contribution in [3.8, 4) is 0 Å². The summed E-state index contributed by atoms with van der Waals surface area (Å²) in [6.07, 6.45) is 2.70. The molecule has 2 atom stereocenters. The van der Waals surface area contributed by atoms with Crippen molar-refractivity contribution in [1.29, 1.82) is 0 Å². The van der Waals surface area contributed by atoms with E-state index in [0.29, 0.717) is 12.5 Å². The highest BCUT2D eigenvalue weighted by Crippen LogP contribution is 2.16. The Morgan fingerprint density at radius 2 is 1.88 bits per heavy atom. The number of aliphatic imine (C=N–C) groups is 1. The van der Waals surface area contributed by atoms with Crippen LogP contribution in [0.5, 0.6) is 0 Å². The van der Waals surface area contributed by atoms with Crippen LogP contribution >= 0.6 is 24.0 Å². The number of halogens is 1. The number of benzene rings is 1. The van der Waals surface area contributed by atoms with Gasteiger partial charge in [-0.25, -0.2) is 0 Å². The lowest BCUT2D eigenvalue weighted by atomic mass is 10.0. The van der Waals surface area contributed by atoms with Crippen molar-refractivity contribution >= 4 is 29.9 Å². The Morgan fingerprint density at radius 1 is 1.20 bits per heavy atom. The topological polar surface area (TPSA) is 69.5 Å². The van der Waals surface area contributed by atoms with Crippen LogP contribution in [0.25, 0.3) is 0 Å². The lowest BCUT2D eigenvalue weighted by molar-refractivity contribution is 0.187. The smallest absolute Gasteiger partial charge is 0.191 e. The number of aliphatic hydroxyl groups is 1. The summed E-state index contributed by atoms with van der Waals surface area (Å²) in [5, 5.41) is 16.9. The Labute approximate surface area is 167 Å². The zero-order valence-corrected chi connectivity index (χ0v) is 17.3. The van der Waals surface area contributed by atoms with Crippen LogP contribution in [0, 0.1) is 6.92 Å². The molecule has 1 aromatic heterocycles. The van der Waals surface area contributed by atoms with E-state index in [1.165, 1.54) is 11.1 Å². The number of hydrogen-bond acceptors (Lipinski definition) is 3. The molecule has 0 saturated carbocycles. The predicted octanol–water partition coefficient (Wildman–Crippen LogP) is 3.36. The van der Waals surface area contributed by atoms with E-state index < -0.39 is 6.10 Å². The third-order valence-electron chi connectivity index (χ3n) is 3.87. The van der Waals surface area contributed by atoms with Crippen LogP contribution in [0.15, 0.2) is 53.8 Å². The molecule has 0 bridgehead atoms. The molecule has 25 heavy (non-hydrogen) atoms. The van der Waals surface area contributed by atoms with E-state index in [9.17, 15) is 5.11 Å². The van der Waals surface area contributed by atoms with Gasteiger partial charge in [0.1, 0.15) is 0 Å². The van der Waals surface area contributed by atoms with Crippen LogP contribution in [0.1, 0.15) is 42.7 Å². The van der Waals surface area contributed by atoms with Crippen LogP contribution in [0.2, 0.25) is 0 Å². The van der Waals surface area contributed by atoms with Gasteiger partial charge < -0.3 is 15.7 Å². The molecule has 1 heterocycles. The molecule has 0 aliphatic carbocycles. The minimum Gasteiger partial charge on any atom is -0.386 e. The molecule has 0 spiro atoms. The van der Waals surface area contributed by atoms with E-state index >= 15 is 0 Å². The minimum atomic E-state index is -0.641. The predicted molar refractivity (Wildman–Crippen MR) is 113 cm³/mol. The van der Waals surface area contributed by atoms with Crippen molar-refractivity contribution in [2.45, 2.75) is 32.9 Å². The number of aromatic nitrogens is 1. The summed E-state index contributed by atoms with van der Waals surface area (Å²) in [5.41, 5.74) is 3.29. The van der Waals surface area contributed by atoms with Crippen LogP contribution in [-0.2, 0) is 0 Å². The molecule has 2 rings (SSSR count). The van der Waals surface area contributed by atoms with Gasteiger partial charge in [0.15, 0.2) is 5.96 Å². The van der Waals surface area contributed by atoms with Crippen molar-refractivity contribution in [2.24, 2.45) is 4.99 Å². The van der Waals surface area contributed by atoms with E-state index in [0.717, 1.165) is 12.1 Å². The fraction of sp³-hybridized carbons (Fsp3) is 0.368. The average Bonchev–Trinajstić information content (AvgIpc) is 2.60. The first kappa shape index (κ1) is 21.4. The number of guanidine groups is 1. The lowest BCUT2D eigenvalue weighted by Gasteiger charge is -2.20. The first-order valence-corrected chi connectivity index (χ1v) is 8.30. The van der Waals surface area contributed by atoms with Gasteiger partial charge in [0.2, 0.25) is 0 Å². The molecule has 2 unspecified atom stereocenters. The van der Waals surface area contributed by atoms with Gasteiger partial charge in [-0.05, 0) is 49.6 Å². The maximum atomic E-state index is 10.2. The second-order valence-electron chi connectivity index (χ2n) is 5.74. The van der Waals surface area contributed by atoms with Crippen LogP contribution in [0.3, 0.4) is 0 Å². The monoisotopic (exact) mass is 454 g/mol. The number of hydrogen-bond donors (Lipinski definition) is 3. The SMILES string of the molecule is CCNC(=NCC(O)c1ccncc1)NC(C)c1ccccc1C.I. The number of nitrogens with zero attached hydrogens (tertiary/aromatic N) is 2. The quantitative estimate of drug-likeness (QED) is 0.356. The summed E-state index contributed by atoms with van der Waals surface area (Å²) < 4.78 is 0. The standard InChI is InChI=1S/C19H26N4O.HI/c1-4-21-19(22-13-18(24)16-9-11-20-12-10-16)23-15(3)17-8-6-5-7-14(17)2;/h5-12,15,18,24H,4,13H2,1-3H3,(H2,21,22,23);1H. The van der Waals surface area contributed by atoms with Crippen LogP contribution < -0.4 is 10.6 Å². The molecule has 0 aliphatic heterocycles. The van der Waals surface area contributed by atoms with Crippen molar-refractivity contribution < 1.29 is 5.11 Å². The van der Waals surface area contributed by atoms with Crippen molar-refractivity contribution in [1.82, 2.24) is 15.6 Å². The maximum absolute atomic E-state index is 10.2. The fourth-order valence-electron chi connectivity index (χ4n) is 2.54. The lowest BCUT2D eigenvalue weighted by Crippen LogP contribution is -2.39. The van der Waals surface area contributed by atoms with E-state index in [1.807, 2.05) is 19.1 Å². The third kappa shape index (κ3) is 6.62. The van der Waals surface area contributed by atoms with Gasteiger partial charge >= 0.3 is 0 Å². The number of aliphatic hydroxyl groups excluding tert-OH is 1. The molecule has 1 aromatic carbocycles. The highest BCUT2D eigenvalue weighted by atomic mass is 127. The van der Waals surface area contributed by atoms with Crippen LogP contribution in [-0.4, -0.2) is 29.1 Å². The summed E-state index contributed by atoms with van der Waals surface area (Å²) in [6.45, 7) is 7.28. The molecule has 0 fully saturated rings. The molecule has 0 amide bonds. The van der Waals surface area contributed by atoms with Gasteiger partial charge in [-0.15, -0.1) is 24.0 Å². The second-order valence-corrected chi connectivity index (χ2v) is 5.74. The van der Waals surface area contributed by atoms with Gasteiger partial charge in [-0.3, -0.25) is 9.98 Å². The molecule has 5 nitrogen and oxygen atoms in total. The molecule has 0 radical (unpaired) electrons. The van der Waals surface area contributed by atoms with Gasteiger partial charge in [0.25, 0.3) is 0 Å². The van der Waals surface area contributed by atoms with Gasteiger partial charge in [0.05, 0.1) is 18.7 Å². The normalized spacial score (nSPS) is 13.5. The first-order chi connectivity index (χ1) is 11.6. The molecule has 0 saturated heterocycles. The largest absolute Gasteiger partial charge is 0.386 e. The zero-order valence-electron chi connectivity index (χ0n) is 14.9. The Bertz CT molecular complexity index is 663. The Kier molecular flexibility index (Phi) is 9.44. The van der Waals surface area contributed by atoms with Crippen molar-refractivity contribution in [2.75, 3.05) is 13.1 Å². The van der Waals surface area contributed by atoms with Crippen molar-refractivity contribution in [3.05, 3.63) is 65.5 Å². The molecule has 0 aliphatic rings. The number of aryl methyl sites for hydroxylation is 1. The highest BCUT2D eigenvalue weighted by molar-refractivity contribution is 14.0. The molecule has 2 aromatic rings. The zero-order chi connectivity index (χ0) is 17.4. The molecule has 136 valence electrons. The summed E-state index contributed by atoms with van der Waals surface area (Å²) >= 11 is 0. The molecular weight excluding hydrogens is 427 g/mol. The summed E-state index contributed by atoms with van der Waals surface area (Å²) in [4.78, 5) is 8.47. The fourth-order valence-corrected chi connectivity index (χ4v) is 2.54. The van der Waals surface area contributed by atoms with E-state index in [1.54, 1.807) is 24.5 Å². The van der Waals surface area contributed by atoms with E-state index in [4.69, 9.17) is 0 Å². The van der Waals surface area contributed by atoms with E-state index in [2.05, 4.69) is 46.6 Å². The highest BCUT2D eigenvalue weighted by Gasteiger charge is 2.11. The van der Waals surface area contributed by atoms with Crippen LogP contribution in [0.4, 0.5) is 0 Å². The second kappa shape index (κ2) is 11.0. The summed E-state index contributed by atoms with van der Waals surface area (Å²) in [7, 11) is 0. The minimum absolute atomic E-state index is 0. The summed E-state index contributed by atoms with van der Waals surface area (Å²) in [6, 6.07) is 12.0. The average molecular weight is 454 g/mol. The maximum Gasteiger partial charge on any atom is 0.191 e. The first-order valence-electron chi connectivity index (χ1n) is 8.30. The Hall–Kier alpha value is -1.67. The Morgan fingerprint density at radius 3 is 2.52 bits per heavy atom.